The Hall–Kier alpha value is -2.98. The summed E-state index contributed by atoms with van der Waals surface area (Å²) in [7, 11) is -3.67. The van der Waals surface area contributed by atoms with Crippen LogP contribution in [-0.4, -0.2) is 38.4 Å². The monoisotopic (exact) mass is 432 g/mol. The second-order valence-electron chi connectivity index (χ2n) is 7.01. The predicted octanol–water partition coefficient (Wildman–Crippen LogP) is 3.13. The third-order valence-electron chi connectivity index (χ3n) is 4.84. The molecular formula is C20H24N4O5S. The maximum atomic E-state index is 13.0. The number of rotatable bonds is 9. The first-order valence-corrected chi connectivity index (χ1v) is 11.2. The Labute approximate surface area is 175 Å². The van der Waals surface area contributed by atoms with Crippen LogP contribution in [-0.2, 0) is 10.0 Å². The van der Waals surface area contributed by atoms with E-state index in [4.69, 9.17) is 0 Å². The molecule has 0 bridgehead atoms. The van der Waals surface area contributed by atoms with Crippen molar-refractivity contribution in [3.8, 4) is 0 Å². The van der Waals surface area contributed by atoms with Gasteiger partial charge < -0.3 is 10.2 Å². The highest BCUT2D eigenvalue weighted by Gasteiger charge is 2.28. The molecule has 0 atom stereocenters. The van der Waals surface area contributed by atoms with Gasteiger partial charge in [0.25, 0.3) is 11.6 Å². The first-order chi connectivity index (χ1) is 14.2. The summed E-state index contributed by atoms with van der Waals surface area (Å²) in [6, 6.07) is 10.1. The lowest BCUT2D eigenvalue weighted by molar-refractivity contribution is -0.384. The molecule has 30 heavy (non-hydrogen) atoms. The van der Waals surface area contributed by atoms with Crippen molar-refractivity contribution in [2.45, 2.75) is 37.6 Å². The van der Waals surface area contributed by atoms with Crippen molar-refractivity contribution in [1.29, 1.82) is 0 Å². The molecule has 0 aliphatic heterocycles. The van der Waals surface area contributed by atoms with Crippen LogP contribution < -0.4 is 14.9 Å². The molecule has 0 radical (unpaired) electrons. The molecule has 2 aromatic rings. The third kappa shape index (κ3) is 4.95. The van der Waals surface area contributed by atoms with Gasteiger partial charge in [0.1, 0.15) is 0 Å². The fraction of sp³-hybridized carbons (Fsp3) is 0.350. The molecule has 0 saturated heterocycles. The Kier molecular flexibility index (Phi) is 6.37. The quantitative estimate of drug-likeness (QED) is 0.464. The molecule has 1 amide bonds. The zero-order valence-electron chi connectivity index (χ0n) is 16.8. The van der Waals surface area contributed by atoms with E-state index in [-0.39, 0.29) is 27.9 Å². The number of carbonyl (C=O) groups excluding carboxylic acids is 1. The number of anilines is 2. The number of carbonyl (C=O) groups is 1. The summed E-state index contributed by atoms with van der Waals surface area (Å²) in [6.07, 6.45) is 1.63. The lowest BCUT2D eigenvalue weighted by Gasteiger charge is -2.23. The van der Waals surface area contributed by atoms with E-state index in [9.17, 15) is 23.3 Å². The summed E-state index contributed by atoms with van der Waals surface area (Å²) in [6.45, 7) is 5.09. The number of nitrogens with zero attached hydrogens (tertiary/aromatic N) is 2. The minimum absolute atomic E-state index is 0.0326. The van der Waals surface area contributed by atoms with Crippen molar-refractivity contribution in [1.82, 2.24) is 4.72 Å². The highest BCUT2D eigenvalue weighted by Crippen LogP contribution is 2.27. The highest BCUT2D eigenvalue weighted by atomic mass is 32.2. The lowest BCUT2D eigenvalue weighted by Crippen LogP contribution is -2.26. The van der Waals surface area contributed by atoms with E-state index in [0.29, 0.717) is 18.8 Å². The molecule has 2 N–H and O–H groups in total. The second-order valence-corrected chi connectivity index (χ2v) is 8.72. The Morgan fingerprint density at radius 2 is 1.87 bits per heavy atom. The minimum Gasteiger partial charge on any atom is -0.371 e. The van der Waals surface area contributed by atoms with Gasteiger partial charge in [-0.2, -0.15) is 0 Å². The van der Waals surface area contributed by atoms with Crippen LogP contribution in [0, 0.1) is 10.1 Å². The number of sulfonamides is 1. The molecule has 1 aliphatic carbocycles. The third-order valence-corrected chi connectivity index (χ3v) is 6.36. The fourth-order valence-electron chi connectivity index (χ4n) is 3.09. The SMILES string of the molecule is CCN(CC)c1ccc([N+](=O)[O-])cc1C(=O)Nc1cccc(S(=O)(=O)NC2CC2)c1. The van der Waals surface area contributed by atoms with E-state index < -0.39 is 20.9 Å². The Bertz CT molecular complexity index is 1060. The average Bonchev–Trinajstić information content (AvgIpc) is 3.52. The van der Waals surface area contributed by atoms with E-state index in [1.807, 2.05) is 18.7 Å². The van der Waals surface area contributed by atoms with E-state index in [0.717, 1.165) is 12.8 Å². The Morgan fingerprint density at radius 1 is 1.17 bits per heavy atom. The van der Waals surface area contributed by atoms with Gasteiger partial charge in [0.15, 0.2) is 0 Å². The van der Waals surface area contributed by atoms with Gasteiger partial charge in [0.2, 0.25) is 10.0 Å². The van der Waals surface area contributed by atoms with Crippen molar-refractivity contribution >= 4 is 33.0 Å². The molecule has 160 valence electrons. The second kappa shape index (κ2) is 8.80. The summed E-state index contributed by atoms with van der Waals surface area (Å²) in [4.78, 5) is 25.6. The van der Waals surface area contributed by atoms with E-state index in [2.05, 4.69) is 10.0 Å². The first kappa shape index (κ1) is 21.7. The lowest BCUT2D eigenvalue weighted by atomic mass is 10.1. The molecule has 2 aromatic carbocycles. The molecule has 0 heterocycles. The molecule has 0 spiro atoms. The minimum atomic E-state index is -3.67. The zero-order valence-corrected chi connectivity index (χ0v) is 17.6. The summed E-state index contributed by atoms with van der Waals surface area (Å²) in [5.74, 6) is -0.551. The summed E-state index contributed by atoms with van der Waals surface area (Å²) < 4.78 is 27.4. The summed E-state index contributed by atoms with van der Waals surface area (Å²) in [5, 5.41) is 13.9. The van der Waals surface area contributed by atoms with Gasteiger partial charge in [0.05, 0.1) is 21.1 Å². The first-order valence-electron chi connectivity index (χ1n) is 9.72. The average molecular weight is 433 g/mol. The topological polar surface area (TPSA) is 122 Å². The van der Waals surface area contributed by atoms with E-state index in [1.54, 1.807) is 12.1 Å². The van der Waals surface area contributed by atoms with Crippen molar-refractivity contribution in [2.24, 2.45) is 0 Å². The van der Waals surface area contributed by atoms with Crippen LogP contribution in [0.5, 0.6) is 0 Å². The maximum absolute atomic E-state index is 13.0. The van der Waals surface area contributed by atoms with Gasteiger partial charge in [-0.1, -0.05) is 6.07 Å². The molecule has 0 unspecified atom stereocenters. The number of nitro groups is 1. The molecule has 0 aromatic heterocycles. The Morgan fingerprint density at radius 3 is 2.47 bits per heavy atom. The zero-order chi connectivity index (χ0) is 21.9. The molecule has 9 nitrogen and oxygen atoms in total. The largest absolute Gasteiger partial charge is 0.371 e. The smallest absolute Gasteiger partial charge is 0.270 e. The van der Waals surface area contributed by atoms with Gasteiger partial charge in [-0.15, -0.1) is 0 Å². The molecule has 3 rings (SSSR count). The normalized spacial score (nSPS) is 13.7. The molecule has 10 heteroatoms. The number of hydrogen-bond donors (Lipinski definition) is 2. The number of nitro benzene ring substituents is 1. The van der Waals surface area contributed by atoms with Gasteiger partial charge in [-0.25, -0.2) is 13.1 Å². The predicted molar refractivity (Wildman–Crippen MR) is 114 cm³/mol. The van der Waals surface area contributed by atoms with Crippen LogP contribution in [0.3, 0.4) is 0 Å². The molecule has 1 fully saturated rings. The van der Waals surface area contributed by atoms with Crippen LogP contribution in [0.2, 0.25) is 0 Å². The van der Waals surface area contributed by atoms with Gasteiger partial charge in [-0.3, -0.25) is 14.9 Å². The number of hydrogen-bond acceptors (Lipinski definition) is 6. The van der Waals surface area contributed by atoms with Crippen LogP contribution >= 0.6 is 0 Å². The van der Waals surface area contributed by atoms with E-state index >= 15 is 0 Å². The molecular weight excluding hydrogens is 408 g/mol. The van der Waals surface area contributed by atoms with Crippen LogP contribution in [0.1, 0.15) is 37.0 Å². The number of amides is 1. The molecule has 1 saturated carbocycles. The number of benzene rings is 2. The fourth-order valence-corrected chi connectivity index (χ4v) is 4.44. The van der Waals surface area contributed by atoms with Crippen molar-refractivity contribution in [3.05, 3.63) is 58.1 Å². The molecule has 1 aliphatic rings. The summed E-state index contributed by atoms with van der Waals surface area (Å²) in [5.41, 5.74) is 0.816. The van der Waals surface area contributed by atoms with Crippen LogP contribution in [0.4, 0.5) is 17.1 Å². The van der Waals surface area contributed by atoms with Crippen molar-refractivity contribution in [3.63, 3.8) is 0 Å². The van der Waals surface area contributed by atoms with Crippen molar-refractivity contribution in [2.75, 3.05) is 23.3 Å². The van der Waals surface area contributed by atoms with Gasteiger partial charge >= 0.3 is 0 Å². The Balaban J connectivity index is 1.91. The summed E-state index contributed by atoms with van der Waals surface area (Å²) >= 11 is 0. The van der Waals surface area contributed by atoms with Crippen LogP contribution in [0.25, 0.3) is 0 Å². The highest BCUT2D eigenvalue weighted by molar-refractivity contribution is 7.89. The van der Waals surface area contributed by atoms with E-state index in [1.165, 1.54) is 30.3 Å². The van der Waals surface area contributed by atoms with Gasteiger partial charge in [-0.05, 0) is 51.0 Å². The standard InChI is InChI=1S/C20H24N4O5S/c1-3-23(4-2)19-11-10-16(24(26)27)13-18(19)20(25)21-15-6-5-7-17(12-15)30(28,29)22-14-8-9-14/h5-7,10-14,22H,3-4,8-9H2,1-2H3,(H,21,25). The number of nitrogens with one attached hydrogen (secondary N) is 2. The van der Waals surface area contributed by atoms with Crippen molar-refractivity contribution < 1.29 is 18.1 Å². The number of non-ortho nitro benzene ring substituents is 1. The maximum Gasteiger partial charge on any atom is 0.270 e. The van der Waals surface area contributed by atoms with Gasteiger partial charge in [0, 0.05) is 37.0 Å². The van der Waals surface area contributed by atoms with Crippen LogP contribution in [0.15, 0.2) is 47.4 Å².